The van der Waals surface area contributed by atoms with Crippen LogP contribution in [0.15, 0.2) is 0 Å². The van der Waals surface area contributed by atoms with Crippen molar-refractivity contribution in [3.05, 3.63) is 0 Å². The third kappa shape index (κ3) is 5.46. The van der Waals surface area contributed by atoms with Crippen molar-refractivity contribution < 1.29 is 24.9 Å². The van der Waals surface area contributed by atoms with E-state index in [9.17, 15) is 9.59 Å². The maximum Gasteiger partial charge on any atom is 0.321 e. The molecule has 7 nitrogen and oxygen atoms in total. The van der Waals surface area contributed by atoms with Gasteiger partial charge in [0.2, 0.25) is 0 Å². The third-order valence-corrected chi connectivity index (χ3v) is 1.55. The number of carboxylic acid groups (broad SMARTS) is 2. The Kier molecular flexibility index (Phi) is 5.77. The van der Waals surface area contributed by atoms with Crippen LogP contribution in [-0.4, -0.2) is 52.5 Å². The molecule has 82 valence electrons. The molecule has 0 aromatic rings. The Bertz CT molecular complexity index is 208. The van der Waals surface area contributed by atoms with Crippen LogP contribution >= 0.6 is 0 Å². The Morgan fingerprint density at radius 3 is 2.29 bits per heavy atom. The van der Waals surface area contributed by atoms with Gasteiger partial charge in [0.25, 0.3) is 0 Å². The molecule has 0 rings (SSSR count). The van der Waals surface area contributed by atoms with Crippen LogP contribution in [0, 0.1) is 0 Å². The van der Waals surface area contributed by atoms with Crippen molar-refractivity contribution in [2.45, 2.75) is 18.6 Å². The fraction of sp³-hybridized carbons (Fsp3) is 0.714. The van der Waals surface area contributed by atoms with Crippen LogP contribution in [0.3, 0.4) is 0 Å². The molecule has 0 bridgehead atoms. The number of carbonyl (C=O) groups is 2. The highest BCUT2D eigenvalue weighted by Gasteiger charge is 2.20. The van der Waals surface area contributed by atoms with Crippen molar-refractivity contribution in [3.8, 4) is 0 Å². The number of nitrogens with one attached hydrogen (secondary N) is 1. The van der Waals surface area contributed by atoms with Gasteiger partial charge in [-0.1, -0.05) is 0 Å². The number of hydrogen-bond acceptors (Lipinski definition) is 5. The van der Waals surface area contributed by atoms with E-state index in [2.05, 4.69) is 5.32 Å². The number of rotatable bonds is 7. The van der Waals surface area contributed by atoms with Gasteiger partial charge in [0.15, 0.2) is 0 Å². The smallest absolute Gasteiger partial charge is 0.321 e. The molecule has 0 spiro atoms. The lowest BCUT2D eigenvalue weighted by molar-refractivity contribution is -0.146. The topological polar surface area (TPSA) is 133 Å². The Hall–Kier alpha value is -1.18. The van der Waals surface area contributed by atoms with E-state index in [4.69, 9.17) is 21.1 Å². The SMILES string of the molecule is NCC(O)CNC(CC(=O)O)C(=O)O. The molecule has 7 heteroatoms. The molecule has 0 aromatic carbocycles. The molecule has 0 amide bonds. The Balaban J connectivity index is 3.97. The van der Waals surface area contributed by atoms with E-state index < -0.39 is 30.5 Å². The number of carboxylic acids is 2. The minimum Gasteiger partial charge on any atom is -0.481 e. The van der Waals surface area contributed by atoms with Crippen LogP contribution < -0.4 is 11.1 Å². The summed E-state index contributed by atoms with van der Waals surface area (Å²) < 4.78 is 0. The Labute approximate surface area is 80.5 Å². The summed E-state index contributed by atoms with van der Waals surface area (Å²) in [5, 5.41) is 28.3. The van der Waals surface area contributed by atoms with Crippen LogP contribution in [0.5, 0.6) is 0 Å². The first-order valence-electron chi connectivity index (χ1n) is 4.03. The van der Waals surface area contributed by atoms with Gasteiger partial charge in [0.1, 0.15) is 6.04 Å². The molecule has 2 unspecified atom stereocenters. The lowest BCUT2D eigenvalue weighted by atomic mass is 10.2. The molecule has 0 aliphatic heterocycles. The lowest BCUT2D eigenvalue weighted by Gasteiger charge is -2.14. The minimum absolute atomic E-state index is 0.00753. The monoisotopic (exact) mass is 206 g/mol. The summed E-state index contributed by atoms with van der Waals surface area (Å²) in [5.41, 5.74) is 5.08. The average molecular weight is 206 g/mol. The average Bonchev–Trinajstić information content (AvgIpc) is 2.10. The zero-order valence-corrected chi connectivity index (χ0v) is 7.51. The van der Waals surface area contributed by atoms with Crippen molar-refractivity contribution in [2.24, 2.45) is 5.73 Å². The molecule has 0 heterocycles. The van der Waals surface area contributed by atoms with Gasteiger partial charge in [-0.15, -0.1) is 0 Å². The second-order valence-corrected chi connectivity index (χ2v) is 2.79. The maximum absolute atomic E-state index is 10.5. The summed E-state index contributed by atoms with van der Waals surface area (Å²) in [6.45, 7) is -0.0485. The van der Waals surface area contributed by atoms with E-state index in [0.717, 1.165) is 0 Å². The fourth-order valence-electron chi connectivity index (χ4n) is 0.783. The zero-order chi connectivity index (χ0) is 11.1. The Morgan fingerprint density at radius 2 is 1.93 bits per heavy atom. The molecule has 0 aliphatic rings. The highest BCUT2D eigenvalue weighted by molar-refractivity contribution is 5.80. The maximum atomic E-state index is 10.5. The first kappa shape index (κ1) is 12.8. The second-order valence-electron chi connectivity index (χ2n) is 2.79. The quantitative estimate of drug-likeness (QED) is 0.320. The van der Waals surface area contributed by atoms with Gasteiger partial charge in [-0.3, -0.25) is 9.59 Å². The van der Waals surface area contributed by atoms with Gasteiger partial charge in [0, 0.05) is 13.1 Å². The standard InChI is InChI=1S/C7H14N2O5/c8-2-4(10)3-9-5(7(13)14)1-6(11)12/h4-5,9-10H,1-3,8H2,(H,11,12)(H,13,14). The number of aliphatic hydroxyl groups is 1. The van der Waals surface area contributed by atoms with E-state index >= 15 is 0 Å². The highest BCUT2D eigenvalue weighted by atomic mass is 16.4. The molecule has 6 N–H and O–H groups in total. The summed E-state index contributed by atoms with van der Waals surface area (Å²) in [6.07, 6.45) is -1.40. The predicted octanol–water partition coefficient (Wildman–Crippen LogP) is -2.18. The van der Waals surface area contributed by atoms with Gasteiger partial charge in [-0.25, -0.2) is 0 Å². The molecular weight excluding hydrogens is 192 g/mol. The van der Waals surface area contributed by atoms with E-state index in [-0.39, 0.29) is 13.1 Å². The second kappa shape index (κ2) is 6.30. The summed E-state index contributed by atoms with van der Waals surface area (Å²) in [5.74, 6) is -2.48. The first-order chi connectivity index (χ1) is 6.47. The predicted molar refractivity (Wildman–Crippen MR) is 46.7 cm³/mol. The van der Waals surface area contributed by atoms with Crippen molar-refractivity contribution in [2.75, 3.05) is 13.1 Å². The molecule has 2 atom stereocenters. The fourth-order valence-corrected chi connectivity index (χ4v) is 0.783. The highest BCUT2D eigenvalue weighted by Crippen LogP contribution is 1.92. The zero-order valence-electron chi connectivity index (χ0n) is 7.51. The number of aliphatic carboxylic acids is 2. The summed E-state index contributed by atoms with van der Waals surface area (Å²) in [7, 11) is 0. The lowest BCUT2D eigenvalue weighted by Crippen LogP contribution is -2.43. The van der Waals surface area contributed by atoms with Gasteiger partial charge in [0.05, 0.1) is 12.5 Å². The van der Waals surface area contributed by atoms with Crippen molar-refractivity contribution >= 4 is 11.9 Å². The molecular formula is C7H14N2O5. The number of hydrogen-bond donors (Lipinski definition) is 5. The van der Waals surface area contributed by atoms with Crippen LogP contribution in [0.25, 0.3) is 0 Å². The van der Waals surface area contributed by atoms with Crippen molar-refractivity contribution in [3.63, 3.8) is 0 Å². The van der Waals surface area contributed by atoms with Gasteiger partial charge < -0.3 is 26.4 Å². The summed E-state index contributed by atoms with van der Waals surface area (Å²) >= 11 is 0. The molecule has 0 saturated carbocycles. The van der Waals surface area contributed by atoms with E-state index in [1.807, 2.05) is 0 Å². The van der Waals surface area contributed by atoms with Crippen molar-refractivity contribution in [1.82, 2.24) is 5.32 Å². The Morgan fingerprint density at radius 1 is 1.36 bits per heavy atom. The van der Waals surface area contributed by atoms with Crippen LogP contribution in [-0.2, 0) is 9.59 Å². The van der Waals surface area contributed by atoms with Gasteiger partial charge >= 0.3 is 11.9 Å². The van der Waals surface area contributed by atoms with Crippen LogP contribution in [0.1, 0.15) is 6.42 Å². The van der Waals surface area contributed by atoms with Crippen LogP contribution in [0.4, 0.5) is 0 Å². The number of aliphatic hydroxyl groups excluding tert-OH is 1. The first-order valence-corrected chi connectivity index (χ1v) is 4.03. The van der Waals surface area contributed by atoms with E-state index in [0.29, 0.717) is 0 Å². The molecule has 0 aromatic heterocycles. The molecule has 0 aliphatic carbocycles. The molecule has 14 heavy (non-hydrogen) atoms. The number of nitrogens with two attached hydrogens (primary N) is 1. The summed E-state index contributed by atoms with van der Waals surface area (Å²) in [6, 6.07) is -1.20. The van der Waals surface area contributed by atoms with E-state index in [1.165, 1.54) is 0 Å². The van der Waals surface area contributed by atoms with Gasteiger partial charge in [-0.05, 0) is 0 Å². The molecule has 0 fully saturated rings. The normalized spacial score (nSPS) is 14.7. The minimum atomic E-state index is -1.27. The van der Waals surface area contributed by atoms with Crippen molar-refractivity contribution in [1.29, 1.82) is 0 Å². The van der Waals surface area contributed by atoms with E-state index in [1.54, 1.807) is 0 Å². The third-order valence-electron chi connectivity index (χ3n) is 1.55. The van der Waals surface area contributed by atoms with Crippen LogP contribution in [0.2, 0.25) is 0 Å². The summed E-state index contributed by atoms with van der Waals surface area (Å²) in [4.78, 5) is 20.7. The van der Waals surface area contributed by atoms with Gasteiger partial charge in [-0.2, -0.15) is 0 Å². The molecule has 0 saturated heterocycles. The largest absolute Gasteiger partial charge is 0.481 e. The molecule has 0 radical (unpaired) electrons.